The highest BCUT2D eigenvalue weighted by atomic mass is 16.5. The second-order valence-electron chi connectivity index (χ2n) is 8.26. The number of fused-ring (bicyclic) bond motifs is 3. The van der Waals surface area contributed by atoms with Crippen LogP contribution in [0.3, 0.4) is 0 Å². The molecule has 8 nitrogen and oxygen atoms in total. The molecule has 2 heterocycles. The zero-order valence-electron chi connectivity index (χ0n) is 20.2. The summed E-state index contributed by atoms with van der Waals surface area (Å²) in [6.07, 6.45) is 1.73. The average Bonchev–Trinajstić information content (AvgIpc) is 3.22. The van der Waals surface area contributed by atoms with Crippen LogP contribution in [0.4, 0.5) is 0 Å². The number of allylic oxidation sites excluding steroid dienone is 1. The maximum absolute atomic E-state index is 13.2. The van der Waals surface area contributed by atoms with Crippen LogP contribution in [0.15, 0.2) is 54.3 Å². The molecule has 184 valence electrons. The van der Waals surface area contributed by atoms with Crippen molar-refractivity contribution < 1.29 is 38.0 Å². The summed E-state index contributed by atoms with van der Waals surface area (Å²) in [5.41, 5.74) is 2.55. The summed E-state index contributed by atoms with van der Waals surface area (Å²) in [4.78, 5) is 25.7. The summed E-state index contributed by atoms with van der Waals surface area (Å²) >= 11 is 0. The lowest BCUT2D eigenvalue weighted by molar-refractivity contribution is -0.135. The Morgan fingerprint density at radius 1 is 0.833 bits per heavy atom. The van der Waals surface area contributed by atoms with Crippen molar-refractivity contribution in [2.24, 2.45) is 0 Å². The second-order valence-corrected chi connectivity index (χ2v) is 8.26. The van der Waals surface area contributed by atoms with E-state index < -0.39 is 5.92 Å². The third kappa shape index (κ3) is 3.90. The van der Waals surface area contributed by atoms with Gasteiger partial charge in [0.15, 0.2) is 17.3 Å². The molecule has 0 saturated carbocycles. The van der Waals surface area contributed by atoms with Gasteiger partial charge in [-0.3, -0.25) is 9.59 Å². The van der Waals surface area contributed by atoms with Gasteiger partial charge in [-0.25, -0.2) is 0 Å². The molecule has 1 atom stereocenters. The van der Waals surface area contributed by atoms with Crippen LogP contribution >= 0.6 is 0 Å². The molecule has 0 bridgehead atoms. The summed E-state index contributed by atoms with van der Waals surface area (Å²) in [5.74, 6) is 1.88. The number of carbonyl (C=O) groups is 2. The van der Waals surface area contributed by atoms with Gasteiger partial charge in [0.1, 0.15) is 17.2 Å². The highest BCUT2D eigenvalue weighted by Crippen LogP contribution is 2.51. The highest BCUT2D eigenvalue weighted by Gasteiger charge is 2.39. The number of hydrogen-bond acceptors (Lipinski definition) is 8. The number of methoxy groups -OCH3 is 4. The molecule has 0 N–H and O–H groups in total. The molecule has 2 aliphatic heterocycles. The van der Waals surface area contributed by atoms with Crippen LogP contribution in [0.2, 0.25) is 0 Å². The number of hydrogen-bond donors (Lipinski definition) is 0. The van der Waals surface area contributed by atoms with E-state index in [9.17, 15) is 9.59 Å². The largest absolute Gasteiger partial charge is 0.497 e. The number of carbonyl (C=O) groups excluding carboxylic acids is 2. The smallest absolute Gasteiger partial charge is 0.312 e. The first-order valence-electron chi connectivity index (χ1n) is 11.2. The van der Waals surface area contributed by atoms with Gasteiger partial charge in [-0.05, 0) is 53.6 Å². The van der Waals surface area contributed by atoms with Gasteiger partial charge in [-0.15, -0.1) is 0 Å². The van der Waals surface area contributed by atoms with Crippen LogP contribution in [-0.2, 0) is 4.79 Å². The molecule has 0 aliphatic carbocycles. The molecule has 5 rings (SSSR count). The Balaban J connectivity index is 1.61. The van der Waals surface area contributed by atoms with E-state index in [1.165, 1.54) is 21.3 Å². The quantitative estimate of drug-likeness (QED) is 0.278. The van der Waals surface area contributed by atoms with Crippen LogP contribution in [0, 0.1) is 0 Å². The van der Waals surface area contributed by atoms with Crippen molar-refractivity contribution in [2.45, 2.75) is 12.3 Å². The van der Waals surface area contributed by atoms with Gasteiger partial charge >= 0.3 is 5.97 Å². The third-order valence-corrected chi connectivity index (χ3v) is 6.28. The van der Waals surface area contributed by atoms with Gasteiger partial charge in [0.05, 0.1) is 40.4 Å². The molecule has 0 aromatic heterocycles. The number of esters is 1. The van der Waals surface area contributed by atoms with Crippen molar-refractivity contribution in [3.8, 4) is 34.5 Å². The predicted molar refractivity (Wildman–Crippen MR) is 131 cm³/mol. The standard InChI is InChI=1S/C28H24O8/c1-31-17-7-5-15(6-8-17)11-21-26(30)18-9-10-20-25(27(18)36-21)19(14-24(29)35-20)16-12-22(32-2)28(34-4)23(13-16)33-3/h5-13,19H,14H2,1-4H3/b21-11+. The molecule has 0 radical (unpaired) electrons. The molecular weight excluding hydrogens is 464 g/mol. The van der Waals surface area contributed by atoms with E-state index in [0.717, 1.165) is 11.1 Å². The number of benzene rings is 3. The summed E-state index contributed by atoms with van der Waals surface area (Å²) in [6.45, 7) is 0. The summed E-state index contributed by atoms with van der Waals surface area (Å²) in [7, 11) is 6.17. The molecule has 0 spiro atoms. The number of rotatable bonds is 6. The first-order chi connectivity index (χ1) is 17.5. The Labute approximate surface area is 207 Å². The number of ketones is 1. The Kier molecular flexibility index (Phi) is 6.01. The van der Waals surface area contributed by atoms with Crippen LogP contribution in [0.25, 0.3) is 6.08 Å². The summed E-state index contributed by atoms with van der Waals surface area (Å²) < 4.78 is 33.3. The van der Waals surface area contributed by atoms with Gasteiger partial charge < -0.3 is 28.4 Å². The Hall–Kier alpha value is -4.46. The zero-order valence-corrected chi connectivity index (χ0v) is 20.2. The molecule has 3 aromatic carbocycles. The van der Waals surface area contributed by atoms with E-state index in [0.29, 0.717) is 45.6 Å². The van der Waals surface area contributed by atoms with E-state index in [2.05, 4.69) is 0 Å². The average molecular weight is 488 g/mol. The molecular formula is C28H24O8. The molecule has 36 heavy (non-hydrogen) atoms. The fourth-order valence-corrected chi connectivity index (χ4v) is 4.54. The first kappa shape index (κ1) is 23.3. The van der Waals surface area contributed by atoms with Crippen molar-refractivity contribution in [1.82, 2.24) is 0 Å². The minimum Gasteiger partial charge on any atom is -0.497 e. The van der Waals surface area contributed by atoms with E-state index in [1.54, 1.807) is 49.6 Å². The zero-order chi connectivity index (χ0) is 25.4. The molecule has 0 fully saturated rings. The normalized spacial score (nSPS) is 17.1. The SMILES string of the molecule is COc1ccc(/C=C2/Oc3c(ccc4c3C(c3cc(OC)c(OC)c(OC)c3)CC(=O)O4)C2=O)cc1. The predicted octanol–water partition coefficient (Wildman–Crippen LogP) is 4.78. The molecule has 0 amide bonds. The van der Waals surface area contributed by atoms with Crippen molar-refractivity contribution >= 4 is 17.8 Å². The minimum atomic E-state index is -0.460. The van der Waals surface area contributed by atoms with Gasteiger partial charge in [0.25, 0.3) is 0 Å². The maximum atomic E-state index is 13.2. The van der Waals surface area contributed by atoms with E-state index >= 15 is 0 Å². The van der Waals surface area contributed by atoms with E-state index in [-0.39, 0.29) is 23.9 Å². The monoisotopic (exact) mass is 488 g/mol. The summed E-state index contributed by atoms with van der Waals surface area (Å²) in [6, 6.07) is 14.1. The maximum Gasteiger partial charge on any atom is 0.312 e. The fraction of sp³-hybridized carbons (Fsp3) is 0.214. The molecule has 1 unspecified atom stereocenters. The second kappa shape index (κ2) is 9.30. The van der Waals surface area contributed by atoms with Crippen molar-refractivity contribution in [3.05, 3.63) is 76.5 Å². The van der Waals surface area contributed by atoms with Crippen LogP contribution < -0.4 is 28.4 Å². The van der Waals surface area contributed by atoms with Crippen molar-refractivity contribution in [1.29, 1.82) is 0 Å². The van der Waals surface area contributed by atoms with E-state index in [1.807, 2.05) is 12.1 Å². The lowest BCUT2D eigenvalue weighted by atomic mass is 9.84. The number of ether oxygens (including phenoxy) is 6. The first-order valence-corrected chi connectivity index (χ1v) is 11.2. The number of Topliss-reactive ketones (excluding diaryl/α,β-unsaturated/α-hetero) is 1. The lowest BCUT2D eigenvalue weighted by Crippen LogP contribution is -2.21. The van der Waals surface area contributed by atoms with Crippen LogP contribution in [0.5, 0.6) is 34.5 Å². The Morgan fingerprint density at radius 3 is 2.14 bits per heavy atom. The molecule has 2 aliphatic rings. The van der Waals surface area contributed by atoms with Crippen LogP contribution in [0.1, 0.15) is 39.4 Å². The molecule has 0 saturated heterocycles. The van der Waals surface area contributed by atoms with Gasteiger partial charge in [0.2, 0.25) is 11.5 Å². The third-order valence-electron chi connectivity index (χ3n) is 6.28. The van der Waals surface area contributed by atoms with Crippen LogP contribution in [-0.4, -0.2) is 40.2 Å². The van der Waals surface area contributed by atoms with Crippen molar-refractivity contribution in [3.63, 3.8) is 0 Å². The minimum absolute atomic E-state index is 0.0527. The van der Waals surface area contributed by atoms with Crippen molar-refractivity contribution in [2.75, 3.05) is 28.4 Å². The summed E-state index contributed by atoms with van der Waals surface area (Å²) in [5, 5.41) is 0. The van der Waals surface area contributed by atoms with E-state index in [4.69, 9.17) is 28.4 Å². The molecule has 3 aromatic rings. The Bertz CT molecular complexity index is 1360. The topological polar surface area (TPSA) is 89.5 Å². The molecule has 8 heteroatoms. The van der Waals surface area contributed by atoms with Gasteiger partial charge in [-0.2, -0.15) is 0 Å². The fourth-order valence-electron chi connectivity index (χ4n) is 4.54. The lowest BCUT2D eigenvalue weighted by Gasteiger charge is -2.27. The highest BCUT2D eigenvalue weighted by molar-refractivity contribution is 6.15. The van der Waals surface area contributed by atoms with Gasteiger partial charge in [-0.1, -0.05) is 12.1 Å². The Morgan fingerprint density at radius 2 is 1.53 bits per heavy atom. The van der Waals surface area contributed by atoms with Gasteiger partial charge in [0, 0.05) is 11.5 Å².